The molecule has 2 aromatic carbocycles. The minimum absolute atomic E-state index is 0.00371. The second-order valence-electron chi connectivity index (χ2n) is 6.52. The fourth-order valence-electron chi connectivity index (χ4n) is 2.75. The molecular formula is C20H13F5N4O3S. The van der Waals surface area contributed by atoms with Crippen LogP contribution in [0.1, 0.15) is 16.1 Å². The van der Waals surface area contributed by atoms with E-state index in [-0.39, 0.29) is 29.1 Å². The molecule has 0 unspecified atom stereocenters. The second-order valence-corrected chi connectivity index (χ2v) is 7.55. The maximum absolute atomic E-state index is 12.8. The van der Waals surface area contributed by atoms with Crippen molar-refractivity contribution >= 4 is 32.6 Å². The molecule has 0 atom stereocenters. The first-order chi connectivity index (χ1) is 15.7. The van der Waals surface area contributed by atoms with Crippen molar-refractivity contribution < 1.29 is 36.2 Å². The lowest BCUT2D eigenvalue weighted by Crippen LogP contribution is -2.14. The molecule has 172 valence electrons. The number of hydrogen-bond donors (Lipinski definition) is 1. The Morgan fingerprint density at radius 3 is 2.70 bits per heavy atom. The number of hydrogen-bond acceptors (Lipinski definition) is 6. The number of ether oxygens (including phenoxy) is 2. The highest BCUT2D eigenvalue weighted by Gasteiger charge is 2.30. The lowest BCUT2D eigenvalue weighted by Gasteiger charge is -2.10. The number of benzene rings is 2. The summed E-state index contributed by atoms with van der Waals surface area (Å²) >= 11 is 1.06. The van der Waals surface area contributed by atoms with Crippen molar-refractivity contribution in [2.45, 2.75) is 19.5 Å². The predicted octanol–water partition coefficient (Wildman–Crippen LogP) is 5.40. The molecule has 4 rings (SSSR count). The average molecular weight is 484 g/mol. The molecular weight excluding hydrogens is 471 g/mol. The van der Waals surface area contributed by atoms with Gasteiger partial charge in [-0.15, -0.1) is 0 Å². The van der Waals surface area contributed by atoms with E-state index in [1.165, 1.54) is 47.3 Å². The largest absolute Gasteiger partial charge is 0.471 e. The van der Waals surface area contributed by atoms with Crippen molar-refractivity contribution in [1.29, 1.82) is 0 Å². The summed E-state index contributed by atoms with van der Waals surface area (Å²) in [6.07, 6.45) is -3.07. The molecule has 0 radical (unpaired) electrons. The van der Waals surface area contributed by atoms with E-state index >= 15 is 0 Å². The highest BCUT2D eigenvalue weighted by atomic mass is 32.1. The van der Waals surface area contributed by atoms with E-state index in [9.17, 15) is 26.7 Å². The topological polar surface area (TPSA) is 78.3 Å². The van der Waals surface area contributed by atoms with Gasteiger partial charge in [0.05, 0.1) is 15.8 Å². The van der Waals surface area contributed by atoms with Crippen LogP contribution < -0.4 is 14.8 Å². The molecule has 33 heavy (non-hydrogen) atoms. The molecule has 0 aliphatic heterocycles. The quantitative estimate of drug-likeness (QED) is 0.356. The van der Waals surface area contributed by atoms with Gasteiger partial charge in [-0.3, -0.25) is 10.1 Å². The first-order valence-electron chi connectivity index (χ1n) is 9.18. The number of nitrogens with one attached hydrogen (secondary N) is 1. The van der Waals surface area contributed by atoms with Gasteiger partial charge in [-0.2, -0.15) is 27.1 Å². The van der Waals surface area contributed by atoms with E-state index in [1.807, 2.05) is 0 Å². The highest BCUT2D eigenvalue weighted by Crippen LogP contribution is 2.32. The Morgan fingerprint density at radius 1 is 1.12 bits per heavy atom. The standard InChI is InChI=1S/C20H13F5N4O3S/c21-18(22)32-13-4-5-14-16(9-13)33-19(26-14)27-17(30)15-6-7-29(28-15)10-31-12-3-1-2-11(8-12)20(23,24)25/h1-9,18H,10H2,(H,26,27,30). The number of halogens is 5. The summed E-state index contributed by atoms with van der Waals surface area (Å²) in [5.41, 5.74) is -0.343. The molecule has 0 aliphatic rings. The van der Waals surface area contributed by atoms with Crippen molar-refractivity contribution in [1.82, 2.24) is 14.8 Å². The molecule has 2 aromatic heterocycles. The lowest BCUT2D eigenvalue weighted by molar-refractivity contribution is -0.137. The summed E-state index contributed by atoms with van der Waals surface area (Å²) in [4.78, 5) is 16.6. The third-order valence-electron chi connectivity index (χ3n) is 4.20. The highest BCUT2D eigenvalue weighted by molar-refractivity contribution is 7.22. The Kier molecular flexibility index (Phi) is 6.14. The van der Waals surface area contributed by atoms with Gasteiger partial charge >= 0.3 is 12.8 Å². The van der Waals surface area contributed by atoms with Crippen LogP contribution in [0.5, 0.6) is 11.5 Å². The van der Waals surface area contributed by atoms with Gasteiger partial charge in [-0.25, -0.2) is 9.67 Å². The minimum atomic E-state index is -4.49. The van der Waals surface area contributed by atoms with Gasteiger partial charge in [0.1, 0.15) is 11.5 Å². The number of thiazole rings is 1. The van der Waals surface area contributed by atoms with Crippen LogP contribution in [0.2, 0.25) is 0 Å². The van der Waals surface area contributed by atoms with E-state index < -0.39 is 24.3 Å². The third-order valence-corrected chi connectivity index (χ3v) is 5.14. The van der Waals surface area contributed by atoms with Crippen LogP contribution in [0.4, 0.5) is 27.1 Å². The van der Waals surface area contributed by atoms with Crippen LogP contribution in [0.25, 0.3) is 10.2 Å². The maximum Gasteiger partial charge on any atom is 0.416 e. The normalized spacial score (nSPS) is 11.7. The van der Waals surface area contributed by atoms with E-state index in [0.29, 0.717) is 10.2 Å². The van der Waals surface area contributed by atoms with E-state index in [2.05, 4.69) is 20.1 Å². The molecule has 0 aliphatic carbocycles. The summed E-state index contributed by atoms with van der Waals surface area (Å²) in [5, 5.41) is 6.80. The summed E-state index contributed by atoms with van der Waals surface area (Å²) in [5.74, 6) is -0.620. The molecule has 13 heteroatoms. The zero-order valence-corrected chi connectivity index (χ0v) is 17.2. The molecule has 2 heterocycles. The zero-order chi connectivity index (χ0) is 23.6. The van der Waals surface area contributed by atoms with Gasteiger partial charge in [0.15, 0.2) is 17.6 Å². The zero-order valence-electron chi connectivity index (χ0n) is 16.3. The smallest absolute Gasteiger partial charge is 0.416 e. The van der Waals surface area contributed by atoms with Crippen LogP contribution in [0.3, 0.4) is 0 Å². The van der Waals surface area contributed by atoms with Gasteiger partial charge in [0, 0.05) is 6.20 Å². The SMILES string of the molecule is O=C(Nc1nc2ccc(OC(F)F)cc2s1)c1ccn(COc2cccc(C(F)(F)F)c2)n1. The Labute approximate surface area is 186 Å². The van der Waals surface area contributed by atoms with Crippen molar-refractivity contribution in [2.75, 3.05) is 5.32 Å². The van der Waals surface area contributed by atoms with Crippen molar-refractivity contribution in [2.24, 2.45) is 0 Å². The molecule has 4 aromatic rings. The number of rotatable bonds is 7. The Morgan fingerprint density at radius 2 is 1.94 bits per heavy atom. The molecule has 0 saturated carbocycles. The van der Waals surface area contributed by atoms with Gasteiger partial charge in [0.2, 0.25) is 0 Å². The van der Waals surface area contributed by atoms with Crippen molar-refractivity contribution in [3.05, 3.63) is 66.0 Å². The van der Waals surface area contributed by atoms with Gasteiger partial charge < -0.3 is 9.47 Å². The first-order valence-corrected chi connectivity index (χ1v) is 9.99. The average Bonchev–Trinajstić information content (AvgIpc) is 3.37. The number of carbonyl (C=O) groups is 1. The minimum Gasteiger partial charge on any atom is -0.471 e. The number of fused-ring (bicyclic) bond motifs is 1. The van der Waals surface area contributed by atoms with Crippen LogP contribution in [0, 0.1) is 0 Å². The maximum atomic E-state index is 12.8. The molecule has 7 nitrogen and oxygen atoms in total. The number of carbonyl (C=O) groups excluding carboxylic acids is 1. The van der Waals surface area contributed by atoms with Gasteiger partial charge in [-0.1, -0.05) is 17.4 Å². The number of nitrogens with zero attached hydrogens (tertiary/aromatic N) is 3. The molecule has 0 fully saturated rings. The Bertz CT molecular complexity index is 1290. The molecule has 0 spiro atoms. The first kappa shape index (κ1) is 22.5. The Balaban J connectivity index is 1.39. The fourth-order valence-corrected chi connectivity index (χ4v) is 3.64. The van der Waals surface area contributed by atoms with E-state index in [4.69, 9.17) is 4.74 Å². The number of amides is 1. The van der Waals surface area contributed by atoms with Crippen LogP contribution in [0.15, 0.2) is 54.7 Å². The van der Waals surface area contributed by atoms with Crippen LogP contribution in [-0.4, -0.2) is 27.3 Å². The molecule has 0 bridgehead atoms. The molecule has 0 saturated heterocycles. The summed E-state index contributed by atoms with van der Waals surface area (Å²) in [6.45, 7) is -3.18. The van der Waals surface area contributed by atoms with Crippen LogP contribution in [-0.2, 0) is 12.9 Å². The number of alkyl halides is 5. The number of anilines is 1. The van der Waals surface area contributed by atoms with Crippen LogP contribution >= 0.6 is 11.3 Å². The predicted molar refractivity (Wildman–Crippen MR) is 109 cm³/mol. The van der Waals surface area contributed by atoms with E-state index in [1.54, 1.807) is 0 Å². The third kappa shape index (κ3) is 5.55. The monoisotopic (exact) mass is 484 g/mol. The lowest BCUT2D eigenvalue weighted by atomic mass is 10.2. The molecule has 1 amide bonds. The fraction of sp³-hybridized carbons (Fsp3) is 0.150. The molecule has 1 N–H and O–H groups in total. The summed E-state index contributed by atoms with van der Waals surface area (Å²) < 4.78 is 74.5. The summed E-state index contributed by atoms with van der Waals surface area (Å²) in [7, 11) is 0. The van der Waals surface area contributed by atoms with Gasteiger partial charge in [0.25, 0.3) is 5.91 Å². The van der Waals surface area contributed by atoms with Crippen molar-refractivity contribution in [3.63, 3.8) is 0 Å². The summed E-state index contributed by atoms with van der Waals surface area (Å²) in [6, 6.07) is 9.99. The van der Waals surface area contributed by atoms with Gasteiger partial charge in [-0.05, 0) is 42.5 Å². The Hall–Kier alpha value is -3.74. The number of aromatic nitrogens is 3. The van der Waals surface area contributed by atoms with E-state index in [0.717, 1.165) is 23.5 Å². The van der Waals surface area contributed by atoms with Crippen molar-refractivity contribution in [3.8, 4) is 11.5 Å². The second kappa shape index (κ2) is 9.02.